The van der Waals surface area contributed by atoms with Crippen molar-refractivity contribution in [1.82, 2.24) is 10.0 Å². The summed E-state index contributed by atoms with van der Waals surface area (Å²) in [5.74, 6) is -0.424. The van der Waals surface area contributed by atoms with Gasteiger partial charge in [-0.3, -0.25) is 4.79 Å². The fourth-order valence-electron chi connectivity index (χ4n) is 2.55. The lowest BCUT2D eigenvalue weighted by atomic mass is 10.1. The second-order valence-electron chi connectivity index (χ2n) is 5.64. The van der Waals surface area contributed by atoms with Crippen molar-refractivity contribution in [2.45, 2.75) is 38.1 Å². The molecular weight excluding hydrogens is 304 g/mol. The standard InChI is InChI=1S/C15H22N2O4S/c1-10-4-5-11(2)12(6-10)8-17-22(19,20)13-7-14(16-9-13)15(18)21-3/h4-6,13-14,16-17H,7-9H2,1-3H3. The Morgan fingerprint density at radius 2 is 2.14 bits per heavy atom. The first-order valence-electron chi connectivity index (χ1n) is 7.19. The first kappa shape index (κ1) is 16.9. The average molecular weight is 326 g/mol. The number of benzene rings is 1. The minimum atomic E-state index is -3.48. The zero-order valence-electron chi connectivity index (χ0n) is 13.0. The molecule has 1 saturated heterocycles. The number of carbonyl (C=O) groups is 1. The maximum Gasteiger partial charge on any atom is 0.322 e. The first-order chi connectivity index (χ1) is 10.3. The molecule has 0 spiro atoms. The van der Waals surface area contributed by atoms with Gasteiger partial charge in [-0.05, 0) is 31.4 Å². The number of methoxy groups -OCH3 is 1. The average Bonchev–Trinajstić information content (AvgIpc) is 2.98. The minimum absolute atomic E-state index is 0.231. The van der Waals surface area contributed by atoms with Crippen molar-refractivity contribution in [1.29, 1.82) is 0 Å². The molecule has 2 rings (SSSR count). The van der Waals surface area contributed by atoms with E-state index >= 15 is 0 Å². The van der Waals surface area contributed by atoms with Crippen molar-refractivity contribution < 1.29 is 17.9 Å². The van der Waals surface area contributed by atoms with Gasteiger partial charge in [0.25, 0.3) is 0 Å². The fourth-order valence-corrected chi connectivity index (χ4v) is 3.90. The van der Waals surface area contributed by atoms with E-state index in [1.165, 1.54) is 7.11 Å². The molecule has 22 heavy (non-hydrogen) atoms. The van der Waals surface area contributed by atoms with E-state index in [4.69, 9.17) is 0 Å². The number of esters is 1. The van der Waals surface area contributed by atoms with E-state index in [2.05, 4.69) is 14.8 Å². The van der Waals surface area contributed by atoms with Gasteiger partial charge in [0, 0.05) is 13.1 Å². The summed E-state index contributed by atoms with van der Waals surface area (Å²) in [6, 6.07) is 5.40. The minimum Gasteiger partial charge on any atom is -0.468 e. The van der Waals surface area contributed by atoms with E-state index in [0.717, 1.165) is 16.7 Å². The molecule has 1 heterocycles. The highest BCUT2D eigenvalue weighted by Crippen LogP contribution is 2.17. The Bertz CT molecular complexity index is 658. The van der Waals surface area contributed by atoms with Gasteiger partial charge in [0.2, 0.25) is 10.0 Å². The Balaban J connectivity index is 2.00. The number of hydrogen-bond acceptors (Lipinski definition) is 5. The molecule has 0 bridgehead atoms. The van der Waals surface area contributed by atoms with Crippen LogP contribution < -0.4 is 10.0 Å². The summed E-state index contributed by atoms with van der Waals surface area (Å²) < 4.78 is 32.0. The van der Waals surface area contributed by atoms with Crippen LogP contribution in [0.15, 0.2) is 18.2 Å². The molecule has 122 valence electrons. The summed E-state index contributed by atoms with van der Waals surface area (Å²) in [6.07, 6.45) is 0.231. The van der Waals surface area contributed by atoms with E-state index in [9.17, 15) is 13.2 Å². The number of carbonyl (C=O) groups excluding carboxylic acids is 1. The maximum absolute atomic E-state index is 12.4. The van der Waals surface area contributed by atoms with E-state index in [0.29, 0.717) is 0 Å². The summed E-state index contributed by atoms with van der Waals surface area (Å²) in [7, 11) is -2.19. The van der Waals surface area contributed by atoms with Crippen LogP contribution in [0.3, 0.4) is 0 Å². The van der Waals surface area contributed by atoms with Gasteiger partial charge in [0.15, 0.2) is 0 Å². The summed E-state index contributed by atoms with van der Waals surface area (Å²) in [5.41, 5.74) is 3.09. The molecule has 7 heteroatoms. The molecule has 1 aromatic rings. The van der Waals surface area contributed by atoms with Gasteiger partial charge in [0.05, 0.1) is 12.4 Å². The number of hydrogen-bond donors (Lipinski definition) is 2. The Labute approximate surface area is 131 Å². The molecule has 2 N–H and O–H groups in total. The van der Waals surface area contributed by atoms with Gasteiger partial charge in [-0.2, -0.15) is 0 Å². The number of rotatable bonds is 5. The van der Waals surface area contributed by atoms with E-state index < -0.39 is 27.3 Å². The number of sulfonamides is 1. The molecule has 1 aromatic carbocycles. The molecule has 0 radical (unpaired) electrons. The van der Waals surface area contributed by atoms with Crippen LogP contribution in [0.4, 0.5) is 0 Å². The van der Waals surface area contributed by atoms with E-state index in [1.807, 2.05) is 32.0 Å². The molecule has 0 saturated carbocycles. The second kappa shape index (κ2) is 6.76. The topological polar surface area (TPSA) is 84.5 Å². The SMILES string of the molecule is COC(=O)C1CC(S(=O)(=O)NCc2cc(C)ccc2C)CN1. The third kappa shape index (κ3) is 3.85. The fraction of sp³-hybridized carbons (Fsp3) is 0.533. The molecule has 0 amide bonds. The molecule has 0 aromatic heterocycles. The van der Waals surface area contributed by atoms with Crippen LogP contribution in [0.25, 0.3) is 0 Å². The largest absolute Gasteiger partial charge is 0.468 e. The molecule has 1 aliphatic heterocycles. The van der Waals surface area contributed by atoms with Crippen molar-refractivity contribution in [2.24, 2.45) is 0 Å². The Morgan fingerprint density at radius 1 is 1.41 bits per heavy atom. The lowest BCUT2D eigenvalue weighted by Crippen LogP contribution is -2.35. The highest BCUT2D eigenvalue weighted by Gasteiger charge is 2.37. The summed E-state index contributed by atoms with van der Waals surface area (Å²) in [6.45, 7) is 4.43. The van der Waals surface area contributed by atoms with Gasteiger partial charge < -0.3 is 10.1 Å². The lowest BCUT2D eigenvalue weighted by molar-refractivity contribution is -0.142. The Kier molecular flexibility index (Phi) is 5.20. The first-order valence-corrected chi connectivity index (χ1v) is 8.74. The van der Waals surface area contributed by atoms with Crippen LogP contribution in [0, 0.1) is 13.8 Å². The molecule has 0 aliphatic carbocycles. The predicted octanol–water partition coefficient (Wildman–Crippen LogP) is 0.626. The van der Waals surface area contributed by atoms with E-state index in [1.54, 1.807) is 0 Å². The third-order valence-corrected chi connectivity index (χ3v) is 5.77. The number of nitrogens with one attached hydrogen (secondary N) is 2. The highest BCUT2D eigenvalue weighted by molar-refractivity contribution is 7.90. The van der Waals surface area contributed by atoms with Crippen LogP contribution in [0.1, 0.15) is 23.1 Å². The lowest BCUT2D eigenvalue weighted by Gasteiger charge is -2.13. The molecule has 2 unspecified atom stereocenters. The van der Waals surface area contributed by atoms with Crippen LogP contribution in [-0.2, 0) is 26.1 Å². The maximum atomic E-state index is 12.4. The summed E-state index contributed by atoms with van der Waals surface area (Å²) in [5, 5.41) is 2.27. The predicted molar refractivity (Wildman–Crippen MR) is 83.9 cm³/mol. The summed E-state index contributed by atoms with van der Waals surface area (Å²) >= 11 is 0. The molecule has 1 fully saturated rings. The Hall–Kier alpha value is -1.44. The zero-order chi connectivity index (χ0) is 16.3. The van der Waals surface area contributed by atoms with Crippen LogP contribution in [-0.4, -0.2) is 39.3 Å². The van der Waals surface area contributed by atoms with Crippen molar-refractivity contribution >= 4 is 16.0 Å². The quantitative estimate of drug-likeness (QED) is 0.775. The molecule has 2 atom stereocenters. The van der Waals surface area contributed by atoms with Gasteiger partial charge in [-0.25, -0.2) is 13.1 Å². The van der Waals surface area contributed by atoms with Crippen molar-refractivity contribution in [2.75, 3.05) is 13.7 Å². The van der Waals surface area contributed by atoms with Crippen molar-refractivity contribution in [3.05, 3.63) is 34.9 Å². The second-order valence-corrected chi connectivity index (χ2v) is 7.68. The smallest absolute Gasteiger partial charge is 0.322 e. The highest BCUT2D eigenvalue weighted by atomic mass is 32.2. The molecular formula is C15H22N2O4S. The van der Waals surface area contributed by atoms with Gasteiger partial charge in [-0.1, -0.05) is 23.8 Å². The van der Waals surface area contributed by atoms with Crippen LogP contribution in [0.5, 0.6) is 0 Å². The van der Waals surface area contributed by atoms with Crippen molar-refractivity contribution in [3.8, 4) is 0 Å². The van der Waals surface area contributed by atoms with E-state index in [-0.39, 0.29) is 19.5 Å². The van der Waals surface area contributed by atoms with Gasteiger partial charge >= 0.3 is 5.97 Å². The third-order valence-electron chi connectivity index (χ3n) is 3.98. The number of ether oxygens (including phenoxy) is 1. The Morgan fingerprint density at radius 3 is 2.82 bits per heavy atom. The summed E-state index contributed by atoms with van der Waals surface area (Å²) in [4.78, 5) is 11.4. The normalized spacial score (nSPS) is 21.8. The zero-order valence-corrected chi connectivity index (χ0v) is 13.9. The van der Waals surface area contributed by atoms with Crippen LogP contribution in [0.2, 0.25) is 0 Å². The van der Waals surface area contributed by atoms with Gasteiger partial charge in [0.1, 0.15) is 6.04 Å². The van der Waals surface area contributed by atoms with Crippen molar-refractivity contribution in [3.63, 3.8) is 0 Å². The van der Waals surface area contributed by atoms with Gasteiger partial charge in [-0.15, -0.1) is 0 Å². The monoisotopic (exact) mass is 326 g/mol. The molecule has 1 aliphatic rings. The number of aryl methyl sites for hydroxylation is 2. The molecule has 6 nitrogen and oxygen atoms in total. The van der Waals surface area contributed by atoms with Crippen LogP contribution >= 0.6 is 0 Å².